The van der Waals surface area contributed by atoms with Crippen molar-refractivity contribution in [1.82, 2.24) is 9.80 Å². The van der Waals surface area contributed by atoms with E-state index in [1.54, 1.807) is 32.4 Å². The standard InChI is InChI=1S/C32H42N2O4/c1-24(20-25-10-6-4-7-11-25)22-34(31(35)27-12-8-5-9-13-27)23-26-16-18-33(19-17-26)32(36)29-15-14-28(37-2)21-30(29)38-3/h4,6-7,10-11,14-15,20-21,26-27H,5,8-9,12-13,16-19,22-23H2,1-3H3/b24-20+. The Kier molecular flexibility index (Phi) is 9.85. The first-order valence-electron chi connectivity index (χ1n) is 14.0. The number of carbonyl (C=O) groups excluding carboxylic acids is 2. The fourth-order valence-corrected chi connectivity index (χ4v) is 5.80. The quantitative estimate of drug-likeness (QED) is 0.404. The zero-order valence-electron chi connectivity index (χ0n) is 23.2. The van der Waals surface area contributed by atoms with Crippen LogP contribution < -0.4 is 9.47 Å². The van der Waals surface area contributed by atoms with E-state index in [9.17, 15) is 9.59 Å². The third-order valence-corrected chi connectivity index (χ3v) is 7.94. The molecule has 2 amide bonds. The van der Waals surface area contributed by atoms with Crippen LogP contribution in [0, 0.1) is 11.8 Å². The van der Waals surface area contributed by atoms with Gasteiger partial charge in [0.05, 0.1) is 19.8 Å². The lowest BCUT2D eigenvalue weighted by atomic mass is 9.87. The van der Waals surface area contributed by atoms with Crippen LogP contribution in [0.25, 0.3) is 6.08 Å². The van der Waals surface area contributed by atoms with Crippen LogP contribution in [0.4, 0.5) is 0 Å². The van der Waals surface area contributed by atoms with Crippen molar-refractivity contribution in [2.75, 3.05) is 40.4 Å². The van der Waals surface area contributed by atoms with Gasteiger partial charge in [0.15, 0.2) is 0 Å². The Morgan fingerprint density at radius 2 is 1.66 bits per heavy atom. The second-order valence-corrected chi connectivity index (χ2v) is 10.8. The van der Waals surface area contributed by atoms with Crippen LogP contribution in [0.5, 0.6) is 11.5 Å². The second kappa shape index (κ2) is 13.5. The summed E-state index contributed by atoms with van der Waals surface area (Å²) >= 11 is 0. The van der Waals surface area contributed by atoms with Crippen molar-refractivity contribution in [2.45, 2.75) is 51.9 Å². The van der Waals surface area contributed by atoms with Crippen LogP contribution in [0.1, 0.15) is 67.8 Å². The van der Waals surface area contributed by atoms with Crippen molar-refractivity contribution >= 4 is 17.9 Å². The molecule has 1 aliphatic carbocycles. The first-order valence-corrected chi connectivity index (χ1v) is 14.0. The minimum absolute atomic E-state index is 0.0141. The van der Waals surface area contributed by atoms with Gasteiger partial charge in [-0.25, -0.2) is 0 Å². The number of likely N-dealkylation sites (tertiary alicyclic amines) is 1. The van der Waals surface area contributed by atoms with Gasteiger partial charge < -0.3 is 19.3 Å². The van der Waals surface area contributed by atoms with Gasteiger partial charge in [0.25, 0.3) is 5.91 Å². The van der Waals surface area contributed by atoms with E-state index in [2.05, 4.69) is 30.0 Å². The third kappa shape index (κ3) is 7.18. The van der Waals surface area contributed by atoms with Crippen LogP contribution in [0.3, 0.4) is 0 Å². The first kappa shape index (κ1) is 27.7. The molecular weight excluding hydrogens is 476 g/mol. The topological polar surface area (TPSA) is 59.1 Å². The molecule has 2 aromatic carbocycles. The lowest BCUT2D eigenvalue weighted by Gasteiger charge is -2.37. The first-order chi connectivity index (χ1) is 18.5. The van der Waals surface area contributed by atoms with Gasteiger partial charge in [-0.2, -0.15) is 0 Å². The highest BCUT2D eigenvalue weighted by atomic mass is 16.5. The van der Waals surface area contributed by atoms with E-state index in [1.165, 1.54) is 12.0 Å². The zero-order chi connectivity index (χ0) is 26.9. The molecule has 1 aliphatic heterocycles. The Bertz CT molecular complexity index is 1100. The van der Waals surface area contributed by atoms with E-state index < -0.39 is 0 Å². The highest BCUT2D eigenvalue weighted by Gasteiger charge is 2.31. The van der Waals surface area contributed by atoms with E-state index >= 15 is 0 Å². The van der Waals surface area contributed by atoms with Crippen molar-refractivity contribution < 1.29 is 19.1 Å². The normalized spacial score (nSPS) is 17.2. The summed E-state index contributed by atoms with van der Waals surface area (Å²) < 4.78 is 10.7. The fraction of sp³-hybridized carbons (Fsp3) is 0.500. The number of piperidine rings is 1. The zero-order valence-corrected chi connectivity index (χ0v) is 23.2. The molecule has 1 saturated heterocycles. The molecule has 0 spiro atoms. The molecule has 6 heteroatoms. The van der Waals surface area contributed by atoms with Crippen molar-refractivity contribution in [3.8, 4) is 11.5 Å². The summed E-state index contributed by atoms with van der Waals surface area (Å²) in [5.41, 5.74) is 2.91. The van der Waals surface area contributed by atoms with Gasteiger partial charge in [-0.3, -0.25) is 9.59 Å². The molecule has 2 fully saturated rings. The smallest absolute Gasteiger partial charge is 0.257 e. The molecule has 0 bridgehead atoms. The van der Waals surface area contributed by atoms with Gasteiger partial charge in [0.1, 0.15) is 11.5 Å². The summed E-state index contributed by atoms with van der Waals surface area (Å²) in [6.07, 6.45) is 9.52. The average Bonchev–Trinajstić information content (AvgIpc) is 2.97. The number of amides is 2. The Morgan fingerprint density at radius 1 is 0.947 bits per heavy atom. The summed E-state index contributed by atoms with van der Waals surface area (Å²) in [5.74, 6) is 2.02. The summed E-state index contributed by atoms with van der Waals surface area (Å²) in [4.78, 5) is 30.9. The minimum Gasteiger partial charge on any atom is -0.497 e. The van der Waals surface area contributed by atoms with Gasteiger partial charge in [0, 0.05) is 38.2 Å². The summed E-state index contributed by atoms with van der Waals surface area (Å²) in [6.45, 7) is 4.90. The molecule has 0 unspecified atom stereocenters. The predicted octanol–water partition coefficient (Wildman–Crippen LogP) is 6.07. The fourth-order valence-electron chi connectivity index (χ4n) is 5.80. The molecule has 1 heterocycles. The Balaban J connectivity index is 1.40. The Morgan fingerprint density at radius 3 is 2.32 bits per heavy atom. The number of benzene rings is 2. The van der Waals surface area contributed by atoms with Gasteiger partial charge in [0.2, 0.25) is 5.91 Å². The maximum Gasteiger partial charge on any atom is 0.257 e. The monoisotopic (exact) mass is 518 g/mol. The summed E-state index contributed by atoms with van der Waals surface area (Å²) in [7, 11) is 3.17. The highest BCUT2D eigenvalue weighted by molar-refractivity contribution is 5.97. The van der Waals surface area contributed by atoms with Crippen molar-refractivity contribution in [3.05, 3.63) is 65.2 Å². The van der Waals surface area contributed by atoms with E-state index in [0.717, 1.165) is 50.6 Å². The van der Waals surface area contributed by atoms with Crippen molar-refractivity contribution in [1.29, 1.82) is 0 Å². The van der Waals surface area contributed by atoms with E-state index in [1.807, 2.05) is 23.1 Å². The van der Waals surface area contributed by atoms with Gasteiger partial charge >= 0.3 is 0 Å². The van der Waals surface area contributed by atoms with Gasteiger partial charge in [-0.1, -0.05) is 61.2 Å². The van der Waals surface area contributed by atoms with Crippen LogP contribution in [-0.4, -0.2) is 62.0 Å². The molecular formula is C32H42N2O4. The number of hydrogen-bond donors (Lipinski definition) is 0. The largest absolute Gasteiger partial charge is 0.497 e. The van der Waals surface area contributed by atoms with Crippen LogP contribution in [0.15, 0.2) is 54.1 Å². The third-order valence-electron chi connectivity index (χ3n) is 7.94. The predicted molar refractivity (Wildman–Crippen MR) is 151 cm³/mol. The molecule has 204 valence electrons. The number of ether oxygens (including phenoxy) is 2. The number of nitrogens with zero attached hydrogens (tertiary/aromatic N) is 2. The molecule has 1 saturated carbocycles. The van der Waals surface area contributed by atoms with Crippen LogP contribution in [-0.2, 0) is 4.79 Å². The molecule has 0 aromatic heterocycles. The molecule has 6 nitrogen and oxygen atoms in total. The minimum atomic E-state index is -0.0141. The lowest BCUT2D eigenvalue weighted by Crippen LogP contribution is -2.45. The number of methoxy groups -OCH3 is 2. The molecule has 0 radical (unpaired) electrons. The Labute approximate surface area is 227 Å². The maximum atomic E-state index is 13.7. The SMILES string of the molecule is COc1ccc(C(=O)N2CCC(CN(C/C(C)=C/c3ccccc3)C(=O)C3CCCCC3)CC2)c(OC)c1. The van der Waals surface area contributed by atoms with Crippen LogP contribution >= 0.6 is 0 Å². The molecule has 0 N–H and O–H groups in total. The lowest BCUT2D eigenvalue weighted by molar-refractivity contribution is -0.137. The van der Waals surface area contributed by atoms with E-state index in [-0.39, 0.29) is 11.8 Å². The molecule has 2 aromatic rings. The number of hydrogen-bond acceptors (Lipinski definition) is 4. The number of carbonyl (C=O) groups is 2. The highest BCUT2D eigenvalue weighted by Crippen LogP contribution is 2.30. The van der Waals surface area contributed by atoms with E-state index in [0.29, 0.717) is 48.5 Å². The van der Waals surface area contributed by atoms with Crippen molar-refractivity contribution in [2.24, 2.45) is 11.8 Å². The number of rotatable bonds is 9. The summed E-state index contributed by atoms with van der Waals surface area (Å²) in [5, 5.41) is 0. The molecule has 0 atom stereocenters. The Hall–Kier alpha value is -3.28. The van der Waals surface area contributed by atoms with Gasteiger partial charge in [-0.15, -0.1) is 0 Å². The van der Waals surface area contributed by atoms with Crippen molar-refractivity contribution in [3.63, 3.8) is 0 Å². The summed E-state index contributed by atoms with van der Waals surface area (Å²) in [6, 6.07) is 15.6. The molecule has 38 heavy (non-hydrogen) atoms. The second-order valence-electron chi connectivity index (χ2n) is 10.8. The maximum absolute atomic E-state index is 13.7. The molecule has 2 aliphatic rings. The van der Waals surface area contributed by atoms with Crippen LogP contribution in [0.2, 0.25) is 0 Å². The van der Waals surface area contributed by atoms with Gasteiger partial charge in [-0.05, 0) is 56.2 Å². The molecule has 4 rings (SSSR count). The van der Waals surface area contributed by atoms with E-state index in [4.69, 9.17) is 9.47 Å². The average molecular weight is 519 g/mol.